The van der Waals surface area contributed by atoms with Crippen LogP contribution in [0.25, 0.3) is 0 Å². The lowest BCUT2D eigenvalue weighted by atomic mass is 10.1. The van der Waals surface area contributed by atoms with E-state index < -0.39 is 0 Å². The molecule has 2 aromatic carbocycles. The quantitative estimate of drug-likeness (QED) is 0.635. The highest BCUT2D eigenvalue weighted by molar-refractivity contribution is 5.92. The molecule has 0 radical (unpaired) electrons. The maximum absolute atomic E-state index is 12.8. The highest BCUT2D eigenvalue weighted by atomic mass is 16.5. The molecule has 29 heavy (non-hydrogen) atoms. The van der Waals surface area contributed by atoms with Crippen molar-refractivity contribution in [1.29, 1.82) is 0 Å². The lowest BCUT2D eigenvalue weighted by molar-refractivity contribution is 0.0779. The molecule has 1 N–H and O–H groups in total. The van der Waals surface area contributed by atoms with Crippen LogP contribution in [0, 0.1) is 6.92 Å². The molecule has 6 heteroatoms. The minimum Gasteiger partial charge on any atom is -0.496 e. The van der Waals surface area contributed by atoms with Gasteiger partial charge in [-0.25, -0.2) is 9.97 Å². The van der Waals surface area contributed by atoms with Crippen molar-refractivity contribution in [1.82, 2.24) is 14.9 Å². The van der Waals surface area contributed by atoms with Crippen LogP contribution in [0.2, 0.25) is 0 Å². The second-order valence-corrected chi connectivity index (χ2v) is 6.82. The van der Waals surface area contributed by atoms with Gasteiger partial charge in [0, 0.05) is 26.2 Å². The normalized spacial score (nSPS) is 10.4. The van der Waals surface area contributed by atoms with Crippen LogP contribution in [-0.4, -0.2) is 41.5 Å². The first-order valence-corrected chi connectivity index (χ1v) is 9.57. The first-order valence-electron chi connectivity index (χ1n) is 9.57. The number of para-hydroxylation sites is 1. The fraction of sp³-hybridized carbons (Fsp3) is 0.261. The SMILES string of the molecule is COc1ccccc1CCNc1cc(C(=O)N(C)Cc2ccccc2)nc(C)n1. The number of hydrogen-bond donors (Lipinski definition) is 1. The van der Waals surface area contributed by atoms with E-state index in [1.54, 1.807) is 32.0 Å². The summed E-state index contributed by atoms with van der Waals surface area (Å²) in [4.78, 5) is 23.2. The number of aryl methyl sites for hydroxylation is 1. The molecule has 3 aromatic rings. The van der Waals surface area contributed by atoms with Crippen LogP contribution in [0.4, 0.5) is 5.82 Å². The topological polar surface area (TPSA) is 67.3 Å². The largest absolute Gasteiger partial charge is 0.496 e. The molecule has 3 rings (SSSR count). The van der Waals surface area contributed by atoms with Crippen molar-refractivity contribution in [3.05, 3.63) is 83.3 Å². The average molecular weight is 390 g/mol. The Bertz CT molecular complexity index is 960. The third kappa shape index (κ3) is 5.54. The number of anilines is 1. The van der Waals surface area contributed by atoms with Crippen molar-refractivity contribution in [3.8, 4) is 5.75 Å². The van der Waals surface area contributed by atoms with Crippen molar-refractivity contribution < 1.29 is 9.53 Å². The number of carbonyl (C=O) groups excluding carboxylic acids is 1. The summed E-state index contributed by atoms with van der Waals surface area (Å²) in [6.45, 7) is 2.99. The zero-order valence-corrected chi connectivity index (χ0v) is 17.1. The summed E-state index contributed by atoms with van der Waals surface area (Å²) in [7, 11) is 3.45. The summed E-state index contributed by atoms with van der Waals surface area (Å²) < 4.78 is 5.39. The molecular formula is C23H26N4O2. The first kappa shape index (κ1) is 20.3. The Balaban J connectivity index is 1.65. The van der Waals surface area contributed by atoms with Crippen LogP contribution in [0.5, 0.6) is 5.75 Å². The van der Waals surface area contributed by atoms with E-state index in [2.05, 4.69) is 15.3 Å². The fourth-order valence-electron chi connectivity index (χ4n) is 3.13. The Morgan fingerprint density at radius 3 is 2.55 bits per heavy atom. The molecule has 0 bridgehead atoms. The van der Waals surface area contributed by atoms with Crippen LogP contribution in [0.3, 0.4) is 0 Å². The summed E-state index contributed by atoms with van der Waals surface area (Å²) in [6.07, 6.45) is 0.782. The number of ether oxygens (including phenoxy) is 1. The number of aromatic nitrogens is 2. The van der Waals surface area contributed by atoms with Crippen LogP contribution in [0.15, 0.2) is 60.7 Å². The monoisotopic (exact) mass is 390 g/mol. The van der Waals surface area contributed by atoms with Crippen molar-refractivity contribution >= 4 is 11.7 Å². The van der Waals surface area contributed by atoms with E-state index in [4.69, 9.17) is 4.74 Å². The summed E-state index contributed by atoms with van der Waals surface area (Å²) in [5, 5.41) is 3.29. The summed E-state index contributed by atoms with van der Waals surface area (Å²) in [5.41, 5.74) is 2.58. The Morgan fingerprint density at radius 1 is 1.07 bits per heavy atom. The van der Waals surface area contributed by atoms with E-state index in [1.807, 2.05) is 54.6 Å². The molecule has 0 unspecified atom stereocenters. The zero-order chi connectivity index (χ0) is 20.6. The number of benzene rings is 2. The molecule has 0 aliphatic rings. The Kier molecular flexibility index (Phi) is 6.79. The van der Waals surface area contributed by atoms with Gasteiger partial charge in [0.05, 0.1) is 7.11 Å². The Morgan fingerprint density at radius 2 is 1.79 bits per heavy atom. The molecule has 150 valence electrons. The molecule has 0 aliphatic heterocycles. The molecule has 0 spiro atoms. The molecule has 0 saturated carbocycles. The Hall–Kier alpha value is -3.41. The van der Waals surface area contributed by atoms with Crippen LogP contribution in [-0.2, 0) is 13.0 Å². The second-order valence-electron chi connectivity index (χ2n) is 6.82. The van der Waals surface area contributed by atoms with Crippen molar-refractivity contribution in [2.45, 2.75) is 19.9 Å². The predicted molar refractivity (Wildman–Crippen MR) is 114 cm³/mol. The van der Waals surface area contributed by atoms with Gasteiger partial charge in [0.2, 0.25) is 0 Å². The van der Waals surface area contributed by atoms with Gasteiger partial charge in [0.25, 0.3) is 5.91 Å². The molecule has 1 heterocycles. The highest BCUT2D eigenvalue weighted by Crippen LogP contribution is 2.18. The molecule has 0 atom stereocenters. The number of hydrogen-bond acceptors (Lipinski definition) is 5. The molecule has 1 aromatic heterocycles. The summed E-state index contributed by atoms with van der Waals surface area (Å²) in [6, 6.07) is 19.5. The van der Waals surface area contributed by atoms with E-state index in [0.717, 1.165) is 23.3 Å². The highest BCUT2D eigenvalue weighted by Gasteiger charge is 2.15. The number of carbonyl (C=O) groups is 1. The minimum absolute atomic E-state index is 0.132. The summed E-state index contributed by atoms with van der Waals surface area (Å²) >= 11 is 0. The van der Waals surface area contributed by atoms with Gasteiger partial charge in [-0.15, -0.1) is 0 Å². The molecule has 0 saturated heterocycles. The number of methoxy groups -OCH3 is 1. The van der Waals surface area contributed by atoms with Gasteiger partial charge in [-0.05, 0) is 30.5 Å². The molecule has 1 amide bonds. The van der Waals surface area contributed by atoms with E-state index >= 15 is 0 Å². The van der Waals surface area contributed by atoms with Crippen molar-refractivity contribution in [2.75, 3.05) is 26.0 Å². The van der Waals surface area contributed by atoms with Gasteiger partial charge in [-0.3, -0.25) is 4.79 Å². The lowest BCUT2D eigenvalue weighted by Crippen LogP contribution is -2.27. The first-order chi connectivity index (χ1) is 14.1. The maximum Gasteiger partial charge on any atom is 0.272 e. The summed E-state index contributed by atoms with van der Waals surface area (Å²) in [5.74, 6) is 1.94. The minimum atomic E-state index is -0.132. The van der Waals surface area contributed by atoms with Gasteiger partial charge in [-0.2, -0.15) is 0 Å². The van der Waals surface area contributed by atoms with E-state index in [0.29, 0.717) is 30.4 Å². The molecule has 0 aliphatic carbocycles. The number of nitrogens with one attached hydrogen (secondary N) is 1. The zero-order valence-electron chi connectivity index (χ0n) is 17.1. The van der Waals surface area contributed by atoms with Gasteiger partial charge in [0.15, 0.2) is 0 Å². The van der Waals surface area contributed by atoms with Gasteiger partial charge >= 0.3 is 0 Å². The van der Waals surface area contributed by atoms with Gasteiger partial charge in [0.1, 0.15) is 23.1 Å². The maximum atomic E-state index is 12.8. The van der Waals surface area contributed by atoms with Gasteiger partial charge in [-0.1, -0.05) is 48.5 Å². The molecule has 0 fully saturated rings. The number of amides is 1. The third-order valence-corrected chi connectivity index (χ3v) is 4.56. The fourth-order valence-corrected chi connectivity index (χ4v) is 3.13. The van der Waals surface area contributed by atoms with Crippen LogP contribution >= 0.6 is 0 Å². The van der Waals surface area contributed by atoms with Crippen molar-refractivity contribution in [2.24, 2.45) is 0 Å². The van der Waals surface area contributed by atoms with E-state index in [1.165, 1.54) is 0 Å². The van der Waals surface area contributed by atoms with E-state index in [9.17, 15) is 4.79 Å². The average Bonchev–Trinajstić information content (AvgIpc) is 2.74. The van der Waals surface area contributed by atoms with Crippen LogP contribution < -0.4 is 10.1 Å². The third-order valence-electron chi connectivity index (χ3n) is 4.56. The van der Waals surface area contributed by atoms with Gasteiger partial charge < -0.3 is 15.0 Å². The van der Waals surface area contributed by atoms with E-state index in [-0.39, 0.29) is 5.91 Å². The second kappa shape index (κ2) is 9.68. The Labute approximate surface area is 171 Å². The predicted octanol–water partition coefficient (Wildman–Crippen LogP) is 3.72. The standard InChI is InChI=1S/C23H26N4O2/c1-17-25-20(23(28)27(2)16-18-9-5-4-6-10-18)15-22(26-17)24-14-13-19-11-7-8-12-21(19)29-3/h4-12,15H,13-14,16H2,1-3H3,(H,24,25,26). The number of nitrogens with zero attached hydrogens (tertiary/aromatic N) is 3. The lowest BCUT2D eigenvalue weighted by Gasteiger charge is -2.17. The molecular weight excluding hydrogens is 364 g/mol. The van der Waals surface area contributed by atoms with Crippen LogP contribution in [0.1, 0.15) is 27.4 Å². The van der Waals surface area contributed by atoms with Crippen molar-refractivity contribution in [3.63, 3.8) is 0 Å². The molecule has 6 nitrogen and oxygen atoms in total. The number of rotatable bonds is 8. The smallest absolute Gasteiger partial charge is 0.272 e.